The second-order valence-corrected chi connectivity index (χ2v) is 8.08. The molecule has 1 aliphatic rings. The van der Waals surface area contributed by atoms with Crippen molar-refractivity contribution in [2.75, 3.05) is 18.0 Å². The summed E-state index contributed by atoms with van der Waals surface area (Å²) in [6.07, 6.45) is 3.69. The highest BCUT2D eigenvalue weighted by molar-refractivity contribution is 5.94. The minimum atomic E-state index is -0.0527. The highest BCUT2D eigenvalue weighted by Gasteiger charge is 2.16. The summed E-state index contributed by atoms with van der Waals surface area (Å²) >= 11 is 0. The second kappa shape index (κ2) is 9.10. The molecule has 1 aromatic heterocycles. The van der Waals surface area contributed by atoms with Gasteiger partial charge >= 0.3 is 0 Å². The number of nitrogens with zero attached hydrogens (tertiary/aromatic N) is 3. The largest absolute Gasteiger partial charge is 0.367 e. The smallest absolute Gasteiger partial charge is 0.251 e. The summed E-state index contributed by atoms with van der Waals surface area (Å²) in [5.41, 5.74) is 6.64. The highest BCUT2D eigenvalue weighted by Crippen LogP contribution is 2.24. The average Bonchev–Trinajstić information content (AvgIpc) is 3.33. The molecule has 4 aromatic rings. The van der Waals surface area contributed by atoms with Crippen molar-refractivity contribution < 1.29 is 4.79 Å². The van der Waals surface area contributed by atoms with Gasteiger partial charge in [-0.05, 0) is 60.0 Å². The number of aromatic nitrogens is 2. The van der Waals surface area contributed by atoms with Crippen molar-refractivity contribution in [3.8, 4) is 5.69 Å². The third kappa shape index (κ3) is 4.42. The first kappa shape index (κ1) is 20.1. The molecule has 0 radical (unpaired) electrons. The van der Waals surface area contributed by atoms with Crippen LogP contribution in [0.5, 0.6) is 0 Å². The summed E-state index contributed by atoms with van der Waals surface area (Å²) in [4.78, 5) is 14.9. The van der Waals surface area contributed by atoms with Gasteiger partial charge < -0.3 is 10.2 Å². The molecule has 2 heterocycles. The zero-order chi connectivity index (χ0) is 21.8. The third-order valence-corrected chi connectivity index (χ3v) is 5.96. The number of benzene rings is 3. The first-order chi connectivity index (χ1) is 15.8. The lowest BCUT2D eigenvalue weighted by Gasteiger charge is -2.30. The van der Waals surface area contributed by atoms with Gasteiger partial charge in [0.25, 0.3) is 5.91 Å². The lowest BCUT2D eigenvalue weighted by Crippen LogP contribution is -2.30. The van der Waals surface area contributed by atoms with Crippen molar-refractivity contribution in [3.63, 3.8) is 0 Å². The first-order valence-corrected chi connectivity index (χ1v) is 11.1. The van der Waals surface area contributed by atoms with Gasteiger partial charge in [-0.3, -0.25) is 4.79 Å². The van der Waals surface area contributed by atoms with Crippen LogP contribution in [0.2, 0.25) is 0 Å². The molecule has 0 unspecified atom stereocenters. The number of hydrogen-bond acceptors (Lipinski definition) is 3. The number of amides is 1. The minimum Gasteiger partial charge on any atom is -0.367 e. The number of para-hydroxylation sites is 1. The Labute approximate surface area is 188 Å². The molecule has 5 nitrogen and oxygen atoms in total. The van der Waals surface area contributed by atoms with Crippen molar-refractivity contribution in [1.82, 2.24) is 15.1 Å². The Morgan fingerprint density at radius 3 is 2.41 bits per heavy atom. The molecule has 0 atom stereocenters. The summed E-state index contributed by atoms with van der Waals surface area (Å²) < 4.78 is 1.86. The quantitative estimate of drug-likeness (QED) is 0.501. The van der Waals surface area contributed by atoms with Crippen molar-refractivity contribution in [3.05, 3.63) is 114 Å². The van der Waals surface area contributed by atoms with Crippen LogP contribution in [-0.2, 0) is 19.4 Å². The van der Waals surface area contributed by atoms with Crippen LogP contribution < -0.4 is 10.2 Å². The van der Waals surface area contributed by atoms with Gasteiger partial charge in [0.05, 0.1) is 11.4 Å². The molecule has 0 aliphatic carbocycles. The highest BCUT2D eigenvalue weighted by atomic mass is 16.1. The zero-order valence-corrected chi connectivity index (χ0v) is 17.9. The Kier molecular flexibility index (Phi) is 5.71. The van der Waals surface area contributed by atoms with E-state index >= 15 is 0 Å². The first-order valence-electron chi connectivity index (χ1n) is 11.1. The van der Waals surface area contributed by atoms with Crippen LogP contribution in [0.3, 0.4) is 0 Å². The molecular formula is C27H26N4O. The zero-order valence-electron chi connectivity index (χ0n) is 17.9. The maximum Gasteiger partial charge on any atom is 0.251 e. The third-order valence-electron chi connectivity index (χ3n) is 5.96. The van der Waals surface area contributed by atoms with Gasteiger partial charge in [-0.2, -0.15) is 5.10 Å². The summed E-state index contributed by atoms with van der Waals surface area (Å²) in [5.74, 6) is -0.0527. The van der Waals surface area contributed by atoms with Crippen molar-refractivity contribution >= 4 is 11.6 Å². The summed E-state index contributed by atoms with van der Waals surface area (Å²) in [6, 6.07) is 28.5. The van der Waals surface area contributed by atoms with Gasteiger partial charge in [-0.15, -0.1) is 0 Å². The van der Waals surface area contributed by atoms with Crippen LogP contribution in [0.25, 0.3) is 5.69 Å². The predicted molar refractivity (Wildman–Crippen MR) is 127 cm³/mol. The molecule has 0 fully saturated rings. The van der Waals surface area contributed by atoms with Crippen LogP contribution >= 0.6 is 0 Å². The summed E-state index contributed by atoms with van der Waals surface area (Å²) in [7, 11) is 0. The van der Waals surface area contributed by atoms with Gasteiger partial charge in [-0.1, -0.05) is 42.5 Å². The molecule has 5 rings (SSSR count). The van der Waals surface area contributed by atoms with Crippen LogP contribution in [0.4, 0.5) is 5.69 Å². The molecule has 5 heteroatoms. The van der Waals surface area contributed by atoms with Gasteiger partial charge in [0, 0.05) is 43.5 Å². The van der Waals surface area contributed by atoms with E-state index in [0.29, 0.717) is 18.5 Å². The molecule has 0 saturated heterocycles. The van der Waals surface area contributed by atoms with Crippen LogP contribution in [-0.4, -0.2) is 28.8 Å². The number of rotatable bonds is 6. The molecule has 0 bridgehead atoms. The van der Waals surface area contributed by atoms with Gasteiger partial charge in [0.2, 0.25) is 0 Å². The van der Waals surface area contributed by atoms with Gasteiger partial charge in [0.15, 0.2) is 0 Å². The van der Waals surface area contributed by atoms with Crippen LogP contribution in [0, 0.1) is 0 Å². The molecule has 1 N–H and O–H groups in total. The fourth-order valence-corrected chi connectivity index (χ4v) is 4.17. The Balaban J connectivity index is 1.14. The van der Waals surface area contributed by atoms with Crippen LogP contribution in [0.15, 0.2) is 91.1 Å². The van der Waals surface area contributed by atoms with E-state index in [2.05, 4.69) is 39.6 Å². The standard InChI is InChI=1S/C27H26N4O/c32-27(28-17-14-24-16-19-31(29-24)26-8-2-1-3-9-26)22-10-12-25(13-11-22)30-18-15-21-6-4-5-7-23(21)20-30/h1-13,16,19H,14-15,17-18,20H2,(H,28,32). The van der Waals surface area contributed by atoms with Gasteiger partial charge in [0.1, 0.15) is 0 Å². The molecule has 0 spiro atoms. The fraction of sp³-hybridized carbons (Fsp3) is 0.185. The van der Waals surface area contributed by atoms with Crippen molar-refractivity contribution in [1.29, 1.82) is 0 Å². The molecular weight excluding hydrogens is 396 g/mol. The van der Waals surface area contributed by atoms with Crippen LogP contribution in [0.1, 0.15) is 27.2 Å². The van der Waals surface area contributed by atoms with E-state index in [1.165, 1.54) is 11.1 Å². The topological polar surface area (TPSA) is 50.2 Å². The monoisotopic (exact) mass is 422 g/mol. The second-order valence-electron chi connectivity index (χ2n) is 8.08. The molecule has 3 aromatic carbocycles. The van der Waals surface area contributed by atoms with E-state index in [1.54, 1.807) is 0 Å². The molecule has 160 valence electrons. The van der Waals surface area contributed by atoms with Crippen molar-refractivity contribution in [2.24, 2.45) is 0 Å². The number of hydrogen-bond donors (Lipinski definition) is 1. The Hall–Kier alpha value is -3.86. The van der Waals surface area contributed by atoms with E-state index in [4.69, 9.17) is 0 Å². The Morgan fingerprint density at radius 2 is 1.59 bits per heavy atom. The number of carbonyl (C=O) groups is 1. The normalized spacial score (nSPS) is 12.9. The lowest BCUT2D eigenvalue weighted by atomic mass is 9.99. The maximum absolute atomic E-state index is 12.6. The molecule has 0 saturated carbocycles. The lowest BCUT2D eigenvalue weighted by molar-refractivity contribution is 0.0954. The van der Waals surface area contributed by atoms with E-state index in [-0.39, 0.29) is 5.91 Å². The van der Waals surface area contributed by atoms with Crippen molar-refractivity contribution in [2.45, 2.75) is 19.4 Å². The molecule has 32 heavy (non-hydrogen) atoms. The summed E-state index contributed by atoms with van der Waals surface area (Å²) in [6.45, 7) is 2.46. The molecule has 1 amide bonds. The Bertz CT molecular complexity index is 1200. The number of fused-ring (bicyclic) bond motifs is 1. The average molecular weight is 423 g/mol. The number of carbonyl (C=O) groups excluding carboxylic acids is 1. The maximum atomic E-state index is 12.6. The minimum absolute atomic E-state index is 0.0527. The van der Waals surface area contributed by atoms with E-state index < -0.39 is 0 Å². The van der Waals surface area contributed by atoms with Gasteiger partial charge in [-0.25, -0.2) is 4.68 Å². The SMILES string of the molecule is O=C(NCCc1ccn(-c2ccccc2)n1)c1ccc(N2CCc3ccccc3C2)cc1. The fourth-order valence-electron chi connectivity index (χ4n) is 4.17. The van der Waals surface area contributed by atoms with E-state index in [0.717, 1.165) is 36.6 Å². The van der Waals surface area contributed by atoms with E-state index in [9.17, 15) is 4.79 Å². The summed E-state index contributed by atoms with van der Waals surface area (Å²) in [5, 5.41) is 7.60. The Morgan fingerprint density at radius 1 is 0.844 bits per heavy atom. The number of nitrogens with one attached hydrogen (secondary N) is 1. The predicted octanol–water partition coefficient (Wildman–Crippen LogP) is 4.41. The number of anilines is 1. The van der Waals surface area contributed by atoms with E-state index in [1.807, 2.05) is 71.5 Å². The molecule has 1 aliphatic heterocycles.